The minimum absolute atomic E-state index is 0.179. The number of nitrogens with two attached hydrogens (primary N) is 1. The van der Waals surface area contributed by atoms with Crippen molar-refractivity contribution in [1.82, 2.24) is 9.80 Å². The Kier molecular flexibility index (Phi) is 7.65. The summed E-state index contributed by atoms with van der Waals surface area (Å²) in [6.45, 7) is 5.39. The molecular weight excluding hydrogens is 324 g/mol. The lowest BCUT2D eigenvalue weighted by Crippen LogP contribution is -2.44. The molecule has 1 saturated heterocycles. The molecule has 25 heavy (non-hydrogen) atoms. The minimum Gasteiger partial charge on any atom is -0.399 e. The summed E-state index contributed by atoms with van der Waals surface area (Å²) in [5.74, 6) is -0.179. The van der Waals surface area contributed by atoms with Crippen LogP contribution in [0.25, 0.3) is 0 Å². The zero-order valence-electron chi connectivity index (χ0n) is 14.6. The van der Waals surface area contributed by atoms with Gasteiger partial charge in [-0.05, 0) is 18.2 Å². The molecule has 138 valence electrons. The van der Waals surface area contributed by atoms with Gasteiger partial charge >= 0.3 is 0 Å². The molecule has 8 nitrogen and oxygen atoms in total. The van der Waals surface area contributed by atoms with Crippen LogP contribution in [0.1, 0.15) is 10.4 Å². The SMILES string of the molecule is COCCN(CCN1CCOCC1)C(=O)c1cc(N)ccc1NC=O. The van der Waals surface area contributed by atoms with Crippen molar-refractivity contribution < 1.29 is 19.1 Å². The quantitative estimate of drug-likeness (QED) is 0.490. The van der Waals surface area contributed by atoms with Crippen molar-refractivity contribution in [3.05, 3.63) is 23.8 Å². The van der Waals surface area contributed by atoms with Crippen molar-refractivity contribution in [3.63, 3.8) is 0 Å². The van der Waals surface area contributed by atoms with E-state index in [2.05, 4.69) is 10.2 Å². The van der Waals surface area contributed by atoms with Crippen molar-refractivity contribution in [2.45, 2.75) is 0 Å². The van der Waals surface area contributed by atoms with Crippen LogP contribution in [0.3, 0.4) is 0 Å². The van der Waals surface area contributed by atoms with Crippen molar-refractivity contribution in [3.8, 4) is 0 Å². The summed E-state index contributed by atoms with van der Waals surface area (Å²) in [7, 11) is 1.60. The average Bonchev–Trinajstić information content (AvgIpc) is 2.64. The normalized spacial score (nSPS) is 14.9. The van der Waals surface area contributed by atoms with E-state index in [4.69, 9.17) is 15.2 Å². The number of anilines is 2. The van der Waals surface area contributed by atoms with Crippen molar-refractivity contribution in [2.75, 3.05) is 70.7 Å². The lowest BCUT2D eigenvalue weighted by molar-refractivity contribution is -0.105. The molecule has 1 heterocycles. The Hall–Kier alpha value is -2.16. The lowest BCUT2D eigenvalue weighted by atomic mass is 10.1. The highest BCUT2D eigenvalue weighted by molar-refractivity contribution is 6.02. The fourth-order valence-corrected chi connectivity index (χ4v) is 2.70. The standard InChI is InChI=1S/C17H26N4O4/c1-24-9-8-21(5-4-20-6-10-25-11-7-20)17(23)15-12-14(18)2-3-16(15)19-13-22/h2-3,12-13H,4-11,18H2,1H3,(H,19,22). The van der Waals surface area contributed by atoms with Gasteiger partial charge < -0.3 is 25.4 Å². The maximum absolute atomic E-state index is 13.0. The third-order valence-corrected chi connectivity index (χ3v) is 4.13. The van der Waals surface area contributed by atoms with Crippen LogP contribution in [0, 0.1) is 0 Å². The Labute approximate surface area is 147 Å². The van der Waals surface area contributed by atoms with Crippen molar-refractivity contribution >= 4 is 23.7 Å². The molecule has 0 saturated carbocycles. The molecule has 0 aromatic heterocycles. The van der Waals surface area contributed by atoms with E-state index in [1.165, 1.54) is 0 Å². The second-order valence-electron chi connectivity index (χ2n) is 5.81. The number of carbonyl (C=O) groups excluding carboxylic acids is 2. The molecule has 2 rings (SSSR count). The Morgan fingerprint density at radius 2 is 2.16 bits per heavy atom. The molecule has 1 aliphatic heterocycles. The average molecular weight is 350 g/mol. The van der Waals surface area contributed by atoms with Gasteiger partial charge in [0.15, 0.2) is 0 Å². The Morgan fingerprint density at radius 3 is 2.84 bits per heavy atom. The summed E-state index contributed by atoms with van der Waals surface area (Å²) in [5, 5.41) is 2.56. The number of morpholine rings is 1. The molecule has 0 spiro atoms. The number of nitrogen functional groups attached to an aromatic ring is 1. The molecule has 0 atom stereocenters. The van der Waals surface area contributed by atoms with Gasteiger partial charge in [-0.3, -0.25) is 14.5 Å². The van der Waals surface area contributed by atoms with Crippen molar-refractivity contribution in [2.24, 2.45) is 0 Å². The van der Waals surface area contributed by atoms with E-state index < -0.39 is 0 Å². The molecule has 0 aliphatic carbocycles. The van der Waals surface area contributed by atoms with Gasteiger partial charge in [-0.15, -0.1) is 0 Å². The van der Waals surface area contributed by atoms with Gasteiger partial charge in [0.1, 0.15) is 0 Å². The van der Waals surface area contributed by atoms with Crippen LogP contribution in [0.15, 0.2) is 18.2 Å². The summed E-state index contributed by atoms with van der Waals surface area (Å²) in [6, 6.07) is 4.87. The highest BCUT2D eigenvalue weighted by Gasteiger charge is 2.20. The summed E-state index contributed by atoms with van der Waals surface area (Å²) < 4.78 is 10.5. The molecule has 8 heteroatoms. The summed E-state index contributed by atoms with van der Waals surface area (Å²) in [5.41, 5.74) is 7.12. The second-order valence-corrected chi connectivity index (χ2v) is 5.81. The summed E-state index contributed by atoms with van der Waals surface area (Å²) in [4.78, 5) is 27.8. The topological polar surface area (TPSA) is 97.1 Å². The molecule has 0 radical (unpaired) electrons. The molecule has 1 aromatic carbocycles. The molecule has 1 fully saturated rings. The smallest absolute Gasteiger partial charge is 0.256 e. The predicted octanol–water partition coefficient (Wildman–Crippen LogP) is 0.258. The number of nitrogens with zero attached hydrogens (tertiary/aromatic N) is 2. The maximum atomic E-state index is 13.0. The van der Waals surface area contributed by atoms with Crippen LogP contribution in [0.4, 0.5) is 11.4 Å². The predicted molar refractivity (Wildman–Crippen MR) is 95.6 cm³/mol. The molecule has 0 bridgehead atoms. The van der Waals surface area contributed by atoms with E-state index in [1.807, 2.05) is 0 Å². The van der Waals surface area contributed by atoms with Crippen LogP contribution in [-0.2, 0) is 14.3 Å². The second kappa shape index (κ2) is 9.97. The van der Waals surface area contributed by atoms with Gasteiger partial charge in [-0.25, -0.2) is 0 Å². The number of amides is 2. The van der Waals surface area contributed by atoms with E-state index in [0.29, 0.717) is 56.3 Å². The number of carbonyl (C=O) groups is 2. The van der Waals surface area contributed by atoms with Crippen molar-refractivity contribution in [1.29, 1.82) is 0 Å². The van der Waals surface area contributed by atoms with Crippen LogP contribution < -0.4 is 11.1 Å². The third kappa shape index (κ3) is 5.70. The van der Waals surface area contributed by atoms with Gasteiger partial charge in [0.25, 0.3) is 5.91 Å². The van der Waals surface area contributed by atoms with E-state index in [1.54, 1.807) is 30.2 Å². The summed E-state index contributed by atoms with van der Waals surface area (Å²) >= 11 is 0. The van der Waals surface area contributed by atoms with E-state index in [-0.39, 0.29) is 5.91 Å². The summed E-state index contributed by atoms with van der Waals surface area (Å²) in [6.07, 6.45) is 0.551. The molecule has 2 amide bonds. The molecule has 0 unspecified atom stereocenters. The van der Waals surface area contributed by atoms with Crippen LogP contribution in [0.2, 0.25) is 0 Å². The largest absolute Gasteiger partial charge is 0.399 e. The monoisotopic (exact) mass is 350 g/mol. The Bertz CT molecular complexity index is 576. The first kappa shape index (κ1) is 19.2. The van der Waals surface area contributed by atoms with Gasteiger partial charge in [-0.2, -0.15) is 0 Å². The number of nitrogens with one attached hydrogen (secondary N) is 1. The Balaban J connectivity index is 2.11. The van der Waals surface area contributed by atoms with Gasteiger partial charge in [0.2, 0.25) is 6.41 Å². The van der Waals surface area contributed by atoms with Crippen LogP contribution >= 0.6 is 0 Å². The number of rotatable bonds is 9. The van der Waals surface area contributed by atoms with Gasteiger partial charge in [0, 0.05) is 45.5 Å². The number of methoxy groups -OCH3 is 1. The molecule has 1 aromatic rings. The number of hydrogen-bond donors (Lipinski definition) is 2. The van der Waals surface area contributed by atoms with Gasteiger partial charge in [0.05, 0.1) is 31.1 Å². The third-order valence-electron chi connectivity index (χ3n) is 4.13. The highest BCUT2D eigenvalue weighted by Crippen LogP contribution is 2.20. The number of ether oxygens (including phenoxy) is 2. The van der Waals surface area contributed by atoms with Crippen LogP contribution in [-0.4, -0.2) is 81.8 Å². The number of benzene rings is 1. The zero-order chi connectivity index (χ0) is 18.1. The first-order chi connectivity index (χ1) is 12.2. The maximum Gasteiger partial charge on any atom is 0.256 e. The first-order valence-electron chi connectivity index (χ1n) is 8.33. The lowest BCUT2D eigenvalue weighted by Gasteiger charge is -2.30. The highest BCUT2D eigenvalue weighted by atomic mass is 16.5. The fourth-order valence-electron chi connectivity index (χ4n) is 2.70. The van der Waals surface area contributed by atoms with E-state index in [9.17, 15) is 9.59 Å². The zero-order valence-corrected chi connectivity index (χ0v) is 14.6. The van der Waals surface area contributed by atoms with Gasteiger partial charge in [-0.1, -0.05) is 0 Å². The minimum atomic E-state index is -0.179. The molecule has 3 N–H and O–H groups in total. The Morgan fingerprint density at radius 1 is 1.40 bits per heavy atom. The van der Waals surface area contributed by atoms with E-state index in [0.717, 1.165) is 19.6 Å². The van der Waals surface area contributed by atoms with E-state index >= 15 is 0 Å². The molecule has 1 aliphatic rings. The fraction of sp³-hybridized carbons (Fsp3) is 0.529. The molecular formula is C17H26N4O4. The number of hydrogen-bond acceptors (Lipinski definition) is 6. The van der Waals surface area contributed by atoms with Crippen LogP contribution in [0.5, 0.6) is 0 Å². The first-order valence-corrected chi connectivity index (χ1v) is 8.33.